The maximum absolute atomic E-state index is 11.7. The molecule has 0 aliphatic carbocycles. The van der Waals surface area contributed by atoms with Crippen LogP contribution in [0.3, 0.4) is 0 Å². The molecule has 1 aromatic carbocycles. The third-order valence-electron chi connectivity index (χ3n) is 1.77. The van der Waals surface area contributed by atoms with E-state index >= 15 is 0 Å². The molecule has 15 heavy (non-hydrogen) atoms. The molecule has 0 unspecified atom stereocenters. The van der Waals surface area contributed by atoms with Gasteiger partial charge in [0.2, 0.25) is 0 Å². The first-order chi connectivity index (χ1) is 7.15. The van der Waals surface area contributed by atoms with Crippen LogP contribution in [0, 0.1) is 0 Å². The molecule has 0 saturated heterocycles. The molecule has 0 aromatic heterocycles. The molecule has 0 bridgehead atoms. The molecule has 1 rings (SSSR count). The highest BCUT2D eigenvalue weighted by atomic mass is 79.9. The van der Waals surface area contributed by atoms with E-state index in [0.717, 1.165) is 16.2 Å². The minimum Gasteiger partial charge on any atom is -0.352 e. The van der Waals surface area contributed by atoms with Gasteiger partial charge in [-0.15, -0.1) is 0 Å². The zero-order chi connectivity index (χ0) is 11.3. The quantitative estimate of drug-likeness (QED) is 0.649. The second-order valence-corrected chi connectivity index (χ2v) is 5.01. The summed E-state index contributed by atoms with van der Waals surface area (Å²) in [5.74, 6) is -0.106. The van der Waals surface area contributed by atoms with E-state index in [1.165, 1.54) is 0 Å². The van der Waals surface area contributed by atoms with Gasteiger partial charge in [0.05, 0.1) is 5.56 Å². The van der Waals surface area contributed by atoms with Crippen LogP contribution < -0.4 is 5.32 Å². The van der Waals surface area contributed by atoms with Crippen LogP contribution >= 0.6 is 43.5 Å². The monoisotopic (exact) mass is 353 g/mol. The van der Waals surface area contributed by atoms with Crippen molar-refractivity contribution in [3.8, 4) is 0 Å². The molecule has 1 amide bonds. The predicted molar refractivity (Wildman–Crippen MR) is 69.9 cm³/mol. The van der Waals surface area contributed by atoms with Crippen molar-refractivity contribution in [2.45, 2.75) is 6.42 Å². The van der Waals surface area contributed by atoms with Crippen molar-refractivity contribution >= 4 is 49.4 Å². The first kappa shape index (κ1) is 13.0. The highest BCUT2D eigenvalue weighted by molar-refractivity contribution is 9.10. The summed E-state index contributed by atoms with van der Waals surface area (Å²) in [7, 11) is 0. The standard InChI is InChI=1S/C10H10Br2ClNO/c11-4-1-5-14-10(15)8-6-7(13)2-3-9(8)12/h2-3,6H,1,4-5H2,(H,14,15). The smallest absolute Gasteiger partial charge is 0.252 e. The second kappa shape index (κ2) is 6.51. The second-order valence-electron chi connectivity index (χ2n) is 2.92. The molecule has 0 fully saturated rings. The minimum absolute atomic E-state index is 0.106. The van der Waals surface area contributed by atoms with Gasteiger partial charge in [-0.05, 0) is 40.5 Å². The summed E-state index contributed by atoms with van der Waals surface area (Å²) in [5.41, 5.74) is 0.567. The first-order valence-corrected chi connectivity index (χ1v) is 6.73. The number of halogens is 3. The summed E-state index contributed by atoms with van der Waals surface area (Å²) in [6.45, 7) is 0.656. The number of carbonyl (C=O) groups excluding carboxylic acids is 1. The molecule has 82 valence electrons. The molecule has 2 nitrogen and oxygen atoms in total. The van der Waals surface area contributed by atoms with E-state index in [9.17, 15) is 4.79 Å². The van der Waals surface area contributed by atoms with E-state index in [4.69, 9.17) is 11.6 Å². The lowest BCUT2D eigenvalue weighted by Crippen LogP contribution is -2.24. The Morgan fingerprint density at radius 3 is 2.87 bits per heavy atom. The Bertz CT molecular complexity index is 357. The topological polar surface area (TPSA) is 29.1 Å². The van der Waals surface area contributed by atoms with Gasteiger partial charge in [0.1, 0.15) is 0 Å². The van der Waals surface area contributed by atoms with Crippen molar-refractivity contribution in [1.29, 1.82) is 0 Å². The van der Waals surface area contributed by atoms with E-state index in [0.29, 0.717) is 17.1 Å². The van der Waals surface area contributed by atoms with Crippen molar-refractivity contribution in [2.75, 3.05) is 11.9 Å². The lowest BCUT2D eigenvalue weighted by atomic mass is 10.2. The summed E-state index contributed by atoms with van der Waals surface area (Å²) < 4.78 is 0.753. The van der Waals surface area contributed by atoms with E-state index < -0.39 is 0 Å². The maximum atomic E-state index is 11.7. The average molecular weight is 355 g/mol. The predicted octanol–water partition coefficient (Wildman–Crippen LogP) is 3.62. The average Bonchev–Trinajstić information content (AvgIpc) is 2.22. The number of hydrogen-bond acceptors (Lipinski definition) is 1. The molecule has 0 aliphatic rings. The fourth-order valence-electron chi connectivity index (χ4n) is 1.04. The SMILES string of the molecule is O=C(NCCCBr)c1cc(Cl)ccc1Br. The summed E-state index contributed by atoms with van der Waals surface area (Å²) in [5, 5.41) is 4.25. The highest BCUT2D eigenvalue weighted by Crippen LogP contribution is 2.20. The number of carbonyl (C=O) groups is 1. The van der Waals surface area contributed by atoms with Gasteiger partial charge in [0.15, 0.2) is 0 Å². The van der Waals surface area contributed by atoms with Gasteiger partial charge in [0.25, 0.3) is 5.91 Å². The van der Waals surface area contributed by atoms with Crippen LogP contribution in [0.1, 0.15) is 16.8 Å². The summed E-state index contributed by atoms with van der Waals surface area (Å²) in [4.78, 5) is 11.7. The zero-order valence-electron chi connectivity index (χ0n) is 7.90. The summed E-state index contributed by atoms with van der Waals surface area (Å²) in [6, 6.07) is 5.15. The number of nitrogens with one attached hydrogen (secondary N) is 1. The molecule has 1 aromatic rings. The molecular weight excluding hydrogens is 345 g/mol. The van der Waals surface area contributed by atoms with Gasteiger partial charge in [-0.2, -0.15) is 0 Å². The lowest BCUT2D eigenvalue weighted by Gasteiger charge is -2.06. The van der Waals surface area contributed by atoms with Gasteiger partial charge >= 0.3 is 0 Å². The molecule has 5 heteroatoms. The molecule has 0 spiro atoms. The van der Waals surface area contributed by atoms with Crippen molar-refractivity contribution in [2.24, 2.45) is 0 Å². The van der Waals surface area contributed by atoms with E-state index in [2.05, 4.69) is 37.2 Å². The van der Waals surface area contributed by atoms with Crippen LogP contribution in [0.4, 0.5) is 0 Å². The fourth-order valence-corrected chi connectivity index (χ4v) is 1.91. The third kappa shape index (κ3) is 4.13. The van der Waals surface area contributed by atoms with Gasteiger partial charge in [0, 0.05) is 21.4 Å². The van der Waals surface area contributed by atoms with Crippen molar-refractivity contribution < 1.29 is 4.79 Å². The Morgan fingerprint density at radius 1 is 1.47 bits per heavy atom. The van der Waals surface area contributed by atoms with Crippen molar-refractivity contribution in [3.63, 3.8) is 0 Å². The van der Waals surface area contributed by atoms with Crippen molar-refractivity contribution in [3.05, 3.63) is 33.3 Å². The van der Waals surface area contributed by atoms with E-state index in [1.807, 2.05) is 0 Å². The van der Waals surface area contributed by atoms with E-state index in [-0.39, 0.29) is 5.91 Å². The lowest BCUT2D eigenvalue weighted by molar-refractivity contribution is 0.0953. The normalized spacial score (nSPS) is 10.1. The summed E-state index contributed by atoms with van der Waals surface area (Å²) >= 11 is 12.4. The van der Waals surface area contributed by atoms with Crippen LogP contribution in [0.15, 0.2) is 22.7 Å². The highest BCUT2D eigenvalue weighted by Gasteiger charge is 2.09. The van der Waals surface area contributed by atoms with E-state index in [1.54, 1.807) is 18.2 Å². The minimum atomic E-state index is -0.106. The largest absolute Gasteiger partial charge is 0.352 e. The molecule has 0 atom stereocenters. The molecule has 1 N–H and O–H groups in total. The molecule has 0 radical (unpaired) electrons. The van der Waals surface area contributed by atoms with Crippen LogP contribution in [0.2, 0.25) is 5.02 Å². The van der Waals surface area contributed by atoms with Crippen LogP contribution in [0.25, 0.3) is 0 Å². The Morgan fingerprint density at radius 2 is 2.20 bits per heavy atom. The van der Waals surface area contributed by atoms with Gasteiger partial charge in [-0.3, -0.25) is 4.79 Å². The molecule has 0 saturated carbocycles. The first-order valence-electron chi connectivity index (χ1n) is 4.44. The maximum Gasteiger partial charge on any atom is 0.252 e. The number of rotatable bonds is 4. The van der Waals surface area contributed by atoms with Crippen LogP contribution in [-0.4, -0.2) is 17.8 Å². The Balaban J connectivity index is 2.68. The van der Waals surface area contributed by atoms with Gasteiger partial charge in [-0.25, -0.2) is 0 Å². The van der Waals surface area contributed by atoms with Gasteiger partial charge < -0.3 is 5.32 Å². The summed E-state index contributed by atoms with van der Waals surface area (Å²) in [6.07, 6.45) is 0.907. The number of alkyl halides is 1. The number of benzene rings is 1. The third-order valence-corrected chi connectivity index (χ3v) is 3.26. The fraction of sp³-hybridized carbons (Fsp3) is 0.300. The zero-order valence-corrected chi connectivity index (χ0v) is 11.8. The van der Waals surface area contributed by atoms with Crippen LogP contribution in [0.5, 0.6) is 0 Å². The molecule has 0 heterocycles. The Labute approximate surface area is 111 Å². The number of amides is 1. The Kier molecular flexibility index (Phi) is 5.64. The van der Waals surface area contributed by atoms with Crippen LogP contribution in [-0.2, 0) is 0 Å². The molecule has 0 aliphatic heterocycles. The van der Waals surface area contributed by atoms with Crippen molar-refractivity contribution in [1.82, 2.24) is 5.32 Å². The Hall–Kier alpha value is -0.0600. The number of hydrogen-bond donors (Lipinski definition) is 1. The molecular formula is C10H10Br2ClNO. The van der Waals surface area contributed by atoms with Gasteiger partial charge in [-0.1, -0.05) is 27.5 Å².